The predicted octanol–water partition coefficient (Wildman–Crippen LogP) is 5.16. The summed E-state index contributed by atoms with van der Waals surface area (Å²) in [5.74, 6) is -0.274. The van der Waals surface area contributed by atoms with Crippen LogP contribution < -0.4 is 0 Å². The quantitative estimate of drug-likeness (QED) is 0.279. The molecule has 1 unspecified atom stereocenters. The average Bonchev–Trinajstić information content (AvgIpc) is 3.03. The van der Waals surface area contributed by atoms with Crippen molar-refractivity contribution < 1.29 is 18.8 Å². The molecule has 0 aromatic carbocycles. The molecular weight excluding hydrogens is 414 g/mol. The summed E-state index contributed by atoms with van der Waals surface area (Å²) < 4.78 is 20.1. The molecule has 29 heavy (non-hydrogen) atoms. The van der Waals surface area contributed by atoms with Gasteiger partial charge in [0.1, 0.15) is 12.3 Å². The van der Waals surface area contributed by atoms with Crippen LogP contribution in [0.1, 0.15) is 53.9 Å². The van der Waals surface area contributed by atoms with Crippen LogP contribution in [0.15, 0.2) is 6.20 Å². The SMILES string of the molecule is CC[Si](CC)(OC[C@H](Cn1cc([N+](=O)[O-])nc1Cl)OC1CCCCO1)C(C)(C)C. The highest BCUT2D eigenvalue weighted by Gasteiger charge is 2.44. The Balaban J connectivity index is 2.17. The number of imidazole rings is 1. The molecule has 166 valence electrons. The zero-order valence-corrected chi connectivity index (χ0v) is 19.9. The van der Waals surface area contributed by atoms with Gasteiger partial charge in [0.05, 0.1) is 13.2 Å². The van der Waals surface area contributed by atoms with E-state index in [0.29, 0.717) is 19.8 Å². The first kappa shape index (κ1) is 24.3. The third kappa shape index (κ3) is 6.24. The van der Waals surface area contributed by atoms with Gasteiger partial charge >= 0.3 is 11.1 Å². The minimum atomic E-state index is -2.00. The van der Waals surface area contributed by atoms with E-state index in [4.69, 9.17) is 25.5 Å². The van der Waals surface area contributed by atoms with Gasteiger partial charge in [-0.15, -0.1) is 0 Å². The van der Waals surface area contributed by atoms with Crippen LogP contribution in [0.2, 0.25) is 22.4 Å². The molecule has 2 heterocycles. The number of hydrogen-bond donors (Lipinski definition) is 0. The van der Waals surface area contributed by atoms with E-state index in [0.717, 1.165) is 31.4 Å². The Kier molecular flexibility index (Phi) is 8.66. The van der Waals surface area contributed by atoms with Gasteiger partial charge in [-0.25, -0.2) is 0 Å². The highest BCUT2D eigenvalue weighted by atomic mass is 35.5. The van der Waals surface area contributed by atoms with Crippen molar-refractivity contribution in [2.45, 2.75) is 89.9 Å². The van der Waals surface area contributed by atoms with Gasteiger partial charge in [0.15, 0.2) is 14.6 Å². The molecule has 1 fully saturated rings. The zero-order valence-electron chi connectivity index (χ0n) is 18.1. The molecule has 0 aliphatic carbocycles. The second-order valence-corrected chi connectivity index (χ2v) is 14.1. The first-order chi connectivity index (χ1) is 13.6. The number of nitro groups is 1. The molecule has 1 saturated heterocycles. The molecule has 1 aliphatic rings. The maximum Gasteiger partial charge on any atom is 0.383 e. The first-order valence-corrected chi connectivity index (χ1v) is 13.1. The number of aromatic nitrogens is 2. The summed E-state index contributed by atoms with van der Waals surface area (Å²) in [5, 5.41) is 11.2. The molecule has 8 nitrogen and oxygen atoms in total. The molecule has 2 rings (SSSR count). The van der Waals surface area contributed by atoms with Crippen molar-refractivity contribution in [1.82, 2.24) is 9.55 Å². The van der Waals surface area contributed by atoms with Crippen LogP contribution in [-0.4, -0.2) is 48.4 Å². The van der Waals surface area contributed by atoms with E-state index in [2.05, 4.69) is 39.6 Å². The average molecular weight is 448 g/mol. The van der Waals surface area contributed by atoms with Gasteiger partial charge in [-0.2, -0.15) is 0 Å². The largest absolute Gasteiger partial charge is 0.414 e. The second-order valence-electron chi connectivity index (χ2n) is 8.59. The Labute approximate surface area is 179 Å². The van der Waals surface area contributed by atoms with Crippen molar-refractivity contribution >= 4 is 25.7 Å². The van der Waals surface area contributed by atoms with Crippen molar-refractivity contribution in [3.05, 3.63) is 21.6 Å². The minimum absolute atomic E-state index is 0.0696. The third-order valence-electron chi connectivity index (χ3n) is 5.84. The number of rotatable bonds is 10. The molecule has 0 spiro atoms. The van der Waals surface area contributed by atoms with Gasteiger partial charge in [-0.05, 0) is 57.9 Å². The van der Waals surface area contributed by atoms with Crippen molar-refractivity contribution in [3.63, 3.8) is 0 Å². The highest BCUT2D eigenvalue weighted by molar-refractivity contribution is 6.76. The van der Waals surface area contributed by atoms with Crippen LogP contribution in [0.4, 0.5) is 5.82 Å². The number of ether oxygens (including phenoxy) is 2. The fourth-order valence-electron chi connectivity index (χ4n) is 3.97. The first-order valence-electron chi connectivity index (χ1n) is 10.4. The van der Waals surface area contributed by atoms with Crippen molar-refractivity contribution in [2.75, 3.05) is 13.2 Å². The van der Waals surface area contributed by atoms with E-state index in [1.54, 1.807) is 4.57 Å². The summed E-state index contributed by atoms with van der Waals surface area (Å²) in [4.78, 5) is 14.3. The Bertz CT molecular complexity index is 669. The molecule has 0 radical (unpaired) electrons. The van der Waals surface area contributed by atoms with Crippen molar-refractivity contribution in [1.29, 1.82) is 0 Å². The highest BCUT2D eigenvalue weighted by Crippen LogP contribution is 2.42. The fraction of sp³-hybridized carbons (Fsp3) is 0.842. The monoisotopic (exact) mass is 447 g/mol. The van der Waals surface area contributed by atoms with Crippen LogP contribution in [0, 0.1) is 10.1 Å². The summed E-state index contributed by atoms with van der Waals surface area (Å²) in [5.41, 5.74) is 0. The molecule has 1 aromatic rings. The minimum Gasteiger partial charge on any atom is -0.414 e. The van der Waals surface area contributed by atoms with E-state index < -0.39 is 13.2 Å². The lowest BCUT2D eigenvalue weighted by molar-refractivity contribution is -0.389. The topological polar surface area (TPSA) is 88.7 Å². The van der Waals surface area contributed by atoms with Crippen LogP contribution >= 0.6 is 11.6 Å². The van der Waals surface area contributed by atoms with Crippen LogP contribution in [0.25, 0.3) is 0 Å². The maximum atomic E-state index is 11.0. The van der Waals surface area contributed by atoms with E-state index >= 15 is 0 Å². The number of halogens is 1. The molecule has 2 atom stereocenters. The summed E-state index contributed by atoms with van der Waals surface area (Å²) in [6, 6.07) is 2.02. The van der Waals surface area contributed by atoms with E-state index in [1.165, 1.54) is 6.20 Å². The lowest BCUT2D eigenvalue weighted by Crippen LogP contribution is -2.48. The predicted molar refractivity (Wildman–Crippen MR) is 115 cm³/mol. The van der Waals surface area contributed by atoms with Gasteiger partial charge in [0.2, 0.25) is 0 Å². The summed E-state index contributed by atoms with van der Waals surface area (Å²) in [6.45, 7) is 12.5. The van der Waals surface area contributed by atoms with Crippen LogP contribution in [0.3, 0.4) is 0 Å². The summed E-state index contributed by atoms with van der Waals surface area (Å²) in [7, 11) is -2.00. The smallest absolute Gasteiger partial charge is 0.383 e. The maximum absolute atomic E-state index is 11.0. The van der Waals surface area contributed by atoms with Crippen molar-refractivity contribution in [2.24, 2.45) is 0 Å². The lowest BCUT2D eigenvalue weighted by atomic mass is 10.2. The summed E-state index contributed by atoms with van der Waals surface area (Å²) >= 11 is 6.12. The van der Waals surface area contributed by atoms with Gasteiger partial charge in [-0.3, -0.25) is 4.57 Å². The molecule has 1 aromatic heterocycles. The van der Waals surface area contributed by atoms with E-state index in [1.807, 2.05) is 0 Å². The van der Waals surface area contributed by atoms with Crippen molar-refractivity contribution in [3.8, 4) is 0 Å². The standard InChI is InChI=1S/C19H34ClN3O5Si/c1-6-29(7-2,19(3,4)5)27-14-15(28-17-10-8-9-11-26-17)12-22-13-16(23(24)25)21-18(22)20/h13,15,17H,6-12,14H2,1-5H3/t15-,17?/m0/s1. The Morgan fingerprint density at radius 3 is 2.59 bits per heavy atom. The number of hydrogen-bond acceptors (Lipinski definition) is 6. The molecule has 0 N–H and O–H groups in total. The molecule has 10 heteroatoms. The Morgan fingerprint density at radius 1 is 1.41 bits per heavy atom. The van der Waals surface area contributed by atoms with E-state index in [-0.39, 0.29) is 28.5 Å². The molecule has 1 aliphatic heterocycles. The van der Waals surface area contributed by atoms with Gasteiger partial charge in [0.25, 0.3) is 0 Å². The van der Waals surface area contributed by atoms with Gasteiger partial charge < -0.3 is 24.0 Å². The Hall–Kier alpha value is -1.00. The summed E-state index contributed by atoms with van der Waals surface area (Å²) in [6.07, 6.45) is 3.64. The van der Waals surface area contributed by atoms with Gasteiger partial charge in [0, 0.05) is 6.61 Å². The fourth-order valence-corrected chi connectivity index (χ4v) is 8.14. The molecule has 0 bridgehead atoms. The van der Waals surface area contributed by atoms with Crippen LogP contribution in [-0.2, 0) is 20.4 Å². The van der Waals surface area contributed by atoms with Gasteiger partial charge in [-0.1, -0.05) is 34.6 Å². The third-order valence-corrected chi connectivity index (χ3v) is 11.9. The number of nitrogens with zero attached hydrogens (tertiary/aromatic N) is 3. The van der Waals surface area contributed by atoms with E-state index in [9.17, 15) is 10.1 Å². The molecule has 0 amide bonds. The zero-order chi connectivity index (χ0) is 21.7. The lowest BCUT2D eigenvalue weighted by Gasteiger charge is -2.42. The van der Waals surface area contributed by atoms with Crippen LogP contribution in [0.5, 0.6) is 0 Å². The molecular formula is C19H34ClN3O5Si. The second kappa shape index (κ2) is 10.3. The molecule has 0 saturated carbocycles. The normalized spacial score (nSPS) is 19.3. The Morgan fingerprint density at radius 2 is 2.10 bits per heavy atom.